The van der Waals surface area contributed by atoms with Crippen LogP contribution in [0.4, 0.5) is 0 Å². The van der Waals surface area contributed by atoms with Crippen LogP contribution in [0.2, 0.25) is 0 Å². The number of rotatable bonds is 4. The summed E-state index contributed by atoms with van der Waals surface area (Å²) in [7, 11) is 0. The number of hydrogen-bond acceptors (Lipinski definition) is 3. The first kappa shape index (κ1) is 11.3. The van der Waals surface area contributed by atoms with Crippen molar-refractivity contribution in [3.8, 4) is 0 Å². The molecule has 1 aliphatic carbocycles. The van der Waals surface area contributed by atoms with Gasteiger partial charge >= 0.3 is 0 Å². The van der Waals surface area contributed by atoms with E-state index in [0.29, 0.717) is 0 Å². The summed E-state index contributed by atoms with van der Waals surface area (Å²) in [6, 6.07) is -0.0316. The van der Waals surface area contributed by atoms with E-state index in [1.807, 2.05) is 6.92 Å². The van der Waals surface area contributed by atoms with Crippen LogP contribution in [-0.2, 0) is 0 Å². The second-order valence-electron chi connectivity index (χ2n) is 4.44. The second-order valence-corrected chi connectivity index (χ2v) is 4.44. The third-order valence-electron chi connectivity index (χ3n) is 3.08. The fourth-order valence-electron chi connectivity index (χ4n) is 2.04. The first-order valence-electron chi connectivity index (χ1n) is 5.34. The minimum absolute atomic E-state index is 0.0316. The molecule has 1 saturated carbocycles. The van der Waals surface area contributed by atoms with Crippen molar-refractivity contribution in [1.82, 2.24) is 5.32 Å². The Balaban J connectivity index is 2.20. The third-order valence-corrected chi connectivity index (χ3v) is 3.08. The van der Waals surface area contributed by atoms with Gasteiger partial charge in [0.05, 0.1) is 6.04 Å². The molecule has 1 rings (SSSR count). The van der Waals surface area contributed by atoms with Crippen molar-refractivity contribution in [3.63, 3.8) is 0 Å². The number of nitrogens with zero attached hydrogens (tertiary/aromatic N) is 1. The standard InChI is InChI=1S/C10H21N3O/c1-7-3-4-9(5-7)6-12-8(2)10(11)13-14/h7-9,12,14H,3-6H2,1-2H3,(H2,11,13). The van der Waals surface area contributed by atoms with Gasteiger partial charge in [-0.3, -0.25) is 0 Å². The molecule has 14 heavy (non-hydrogen) atoms. The molecule has 0 radical (unpaired) electrons. The Morgan fingerprint density at radius 2 is 2.36 bits per heavy atom. The number of amidine groups is 1. The van der Waals surface area contributed by atoms with Gasteiger partial charge in [-0.2, -0.15) is 0 Å². The minimum atomic E-state index is -0.0316. The lowest BCUT2D eigenvalue weighted by atomic mass is 10.1. The molecule has 1 aliphatic rings. The lowest BCUT2D eigenvalue weighted by molar-refractivity contribution is 0.314. The molecule has 0 aromatic carbocycles. The van der Waals surface area contributed by atoms with Crippen molar-refractivity contribution < 1.29 is 5.21 Å². The molecule has 0 saturated heterocycles. The molecule has 3 atom stereocenters. The normalized spacial score (nSPS) is 30.6. The Morgan fingerprint density at radius 1 is 1.64 bits per heavy atom. The van der Waals surface area contributed by atoms with E-state index in [9.17, 15) is 0 Å². The molecule has 1 fully saturated rings. The Bertz CT molecular complexity index is 206. The number of hydrogen-bond donors (Lipinski definition) is 3. The Morgan fingerprint density at radius 3 is 2.86 bits per heavy atom. The number of nitrogens with two attached hydrogens (primary N) is 1. The molecule has 4 nitrogen and oxygen atoms in total. The quantitative estimate of drug-likeness (QED) is 0.275. The van der Waals surface area contributed by atoms with Crippen LogP contribution in [0.15, 0.2) is 5.16 Å². The molecular weight excluding hydrogens is 178 g/mol. The Labute approximate surface area is 85.6 Å². The molecular formula is C10H21N3O. The SMILES string of the molecule is CC1CCC(CNC(C)C(N)=NO)C1. The summed E-state index contributed by atoms with van der Waals surface area (Å²) in [5.74, 6) is 1.89. The third kappa shape index (κ3) is 3.18. The van der Waals surface area contributed by atoms with Gasteiger partial charge in [-0.15, -0.1) is 0 Å². The van der Waals surface area contributed by atoms with Crippen LogP contribution < -0.4 is 11.1 Å². The topological polar surface area (TPSA) is 70.6 Å². The van der Waals surface area contributed by atoms with Gasteiger partial charge < -0.3 is 16.3 Å². The minimum Gasteiger partial charge on any atom is -0.409 e. The van der Waals surface area contributed by atoms with Gasteiger partial charge in [0.25, 0.3) is 0 Å². The van der Waals surface area contributed by atoms with Gasteiger partial charge in [-0.1, -0.05) is 18.5 Å². The second kappa shape index (κ2) is 5.20. The highest BCUT2D eigenvalue weighted by molar-refractivity contribution is 5.84. The van der Waals surface area contributed by atoms with Gasteiger partial charge in [0.15, 0.2) is 5.84 Å². The van der Waals surface area contributed by atoms with E-state index >= 15 is 0 Å². The van der Waals surface area contributed by atoms with Crippen molar-refractivity contribution in [1.29, 1.82) is 0 Å². The summed E-state index contributed by atoms with van der Waals surface area (Å²) < 4.78 is 0. The Kier molecular flexibility index (Phi) is 4.20. The van der Waals surface area contributed by atoms with Crippen LogP contribution >= 0.6 is 0 Å². The van der Waals surface area contributed by atoms with Crippen molar-refractivity contribution in [2.45, 2.75) is 39.2 Å². The zero-order chi connectivity index (χ0) is 10.6. The highest BCUT2D eigenvalue weighted by Crippen LogP contribution is 2.29. The van der Waals surface area contributed by atoms with Crippen LogP contribution in [0.1, 0.15) is 33.1 Å². The molecule has 4 heteroatoms. The van der Waals surface area contributed by atoms with Crippen LogP contribution in [0.5, 0.6) is 0 Å². The molecule has 0 heterocycles. The lowest BCUT2D eigenvalue weighted by Gasteiger charge is -2.15. The number of nitrogens with one attached hydrogen (secondary N) is 1. The molecule has 4 N–H and O–H groups in total. The van der Waals surface area contributed by atoms with E-state index < -0.39 is 0 Å². The maximum absolute atomic E-state index is 8.46. The summed E-state index contributed by atoms with van der Waals surface area (Å²) >= 11 is 0. The van der Waals surface area contributed by atoms with Crippen LogP contribution in [0.3, 0.4) is 0 Å². The molecule has 0 spiro atoms. The first-order chi connectivity index (χ1) is 6.63. The van der Waals surface area contributed by atoms with Crippen molar-refractivity contribution in [2.75, 3.05) is 6.54 Å². The highest BCUT2D eigenvalue weighted by Gasteiger charge is 2.21. The largest absolute Gasteiger partial charge is 0.409 e. The predicted molar refractivity (Wildman–Crippen MR) is 57.4 cm³/mol. The van der Waals surface area contributed by atoms with Crippen LogP contribution in [-0.4, -0.2) is 23.6 Å². The summed E-state index contributed by atoms with van der Waals surface area (Å²) in [5.41, 5.74) is 5.47. The summed E-state index contributed by atoms with van der Waals surface area (Å²) in [6.07, 6.45) is 3.94. The summed E-state index contributed by atoms with van der Waals surface area (Å²) in [6.45, 7) is 5.18. The molecule has 0 aliphatic heterocycles. The maximum atomic E-state index is 8.46. The average Bonchev–Trinajstić information content (AvgIpc) is 2.59. The van der Waals surface area contributed by atoms with E-state index in [1.165, 1.54) is 19.3 Å². The predicted octanol–water partition coefficient (Wildman–Crippen LogP) is 1.15. The zero-order valence-electron chi connectivity index (χ0n) is 9.03. The van der Waals surface area contributed by atoms with Gasteiger partial charge in [0.1, 0.15) is 0 Å². The smallest absolute Gasteiger partial charge is 0.156 e. The number of oxime groups is 1. The van der Waals surface area contributed by atoms with E-state index in [4.69, 9.17) is 10.9 Å². The monoisotopic (exact) mass is 199 g/mol. The van der Waals surface area contributed by atoms with Crippen molar-refractivity contribution in [2.24, 2.45) is 22.7 Å². The molecule has 0 aromatic heterocycles. The molecule has 0 amide bonds. The van der Waals surface area contributed by atoms with E-state index in [2.05, 4.69) is 17.4 Å². The van der Waals surface area contributed by atoms with E-state index in [0.717, 1.165) is 18.4 Å². The maximum Gasteiger partial charge on any atom is 0.156 e. The van der Waals surface area contributed by atoms with Crippen LogP contribution in [0.25, 0.3) is 0 Å². The fourth-order valence-corrected chi connectivity index (χ4v) is 2.04. The molecule has 0 aromatic rings. The summed E-state index contributed by atoms with van der Waals surface area (Å²) in [5, 5.41) is 14.7. The molecule has 82 valence electrons. The lowest BCUT2D eigenvalue weighted by Crippen LogP contribution is -2.40. The van der Waals surface area contributed by atoms with E-state index in [-0.39, 0.29) is 11.9 Å². The van der Waals surface area contributed by atoms with Gasteiger partial charge in [0.2, 0.25) is 0 Å². The van der Waals surface area contributed by atoms with Crippen LogP contribution in [0, 0.1) is 11.8 Å². The fraction of sp³-hybridized carbons (Fsp3) is 0.900. The van der Waals surface area contributed by atoms with Gasteiger partial charge in [0, 0.05) is 0 Å². The van der Waals surface area contributed by atoms with E-state index in [1.54, 1.807) is 0 Å². The van der Waals surface area contributed by atoms with Gasteiger partial charge in [-0.25, -0.2) is 0 Å². The molecule has 0 bridgehead atoms. The van der Waals surface area contributed by atoms with Crippen molar-refractivity contribution >= 4 is 5.84 Å². The zero-order valence-corrected chi connectivity index (χ0v) is 9.03. The molecule has 3 unspecified atom stereocenters. The highest BCUT2D eigenvalue weighted by atomic mass is 16.4. The first-order valence-corrected chi connectivity index (χ1v) is 5.34. The Hall–Kier alpha value is -0.770. The van der Waals surface area contributed by atoms with Crippen molar-refractivity contribution in [3.05, 3.63) is 0 Å². The average molecular weight is 199 g/mol. The summed E-state index contributed by atoms with van der Waals surface area (Å²) in [4.78, 5) is 0. The van der Waals surface area contributed by atoms with Gasteiger partial charge in [-0.05, 0) is 38.1 Å².